The molecule has 3 rings (SSSR count). The standard InChI is InChI=1S/C15H16N2O2/c18-15-12-7-3-2-6-11(12)14(10-13(15)16-19)17-8-4-1-5-9-17/h2-3,6-7,10,18H,1,4-5,8-9H2. The first-order valence-electron chi connectivity index (χ1n) is 6.64. The van der Waals surface area contributed by atoms with Gasteiger partial charge in [-0.2, -0.15) is 0 Å². The summed E-state index contributed by atoms with van der Waals surface area (Å²) in [6.07, 6.45) is 3.59. The number of phenols is 1. The minimum absolute atomic E-state index is 0.0219. The highest BCUT2D eigenvalue weighted by atomic mass is 16.3. The third kappa shape index (κ3) is 2.03. The van der Waals surface area contributed by atoms with Crippen LogP contribution in [0.15, 0.2) is 35.5 Å². The second-order valence-corrected chi connectivity index (χ2v) is 4.95. The minimum Gasteiger partial charge on any atom is -0.505 e. The second-order valence-electron chi connectivity index (χ2n) is 4.95. The van der Waals surface area contributed by atoms with Crippen LogP contribution in [0.3, 0.4) is 0 Å². The number of piperidine rings is 1. The number of nitrogens with zero attached hydrogens (tertiary/aromatic N) is 2. The molecular weight excluding hydrogens is 240 g/mol. The van der Waals surface area contributed by atoms with Crippen LogP contribution in [0.25, 0.3) is 10.8 Å². The van der Waals surface area contributed by atoms with Gasteiger partial charge < -0.3 is 10.0 Å². The van der Waals surface area contributed by atoms with Crippen molar-refractivity contribution in [2.24, 2.45) is 5.18 Å². The number of rotatable bonds is 2. The maximum Gasteiger partial charge on any atom is 0.152 e. The van der Waals surface area contributed by atoms with Crippen LogP contribution >= 0.6 is 0 Å². The molecule has 1 fully saturated rings. The first kappa shape index (κ1) is 12.0. The average molecular weight is 256 g/mol. The summed E-state index contributed by atoms with van der Waals surface area (Å²) in [4.78, 5) is 13.2. The minimum atomic E-state index is -0.0219. The van der Waals surface area contributed by atoms with Gasteiger partial charge in [-0.3, -0.25) is 0 Å². The Morgan fingerprint density at radius 1 is 1.05 bits per heavy atom. The van der Waals surface area contributed by atoms with Crippen molar-refractivity contribution >= 4 is 22.1 Å². The van der Waals surface area contributed by atoms with Crippen molar-refractivity contribution in [2.75, 3.05) is 18.0 Å². The number of fused-ring (bicyclic) bond motifs is 1. The molecule has 0 radical (unpaired) electrons. The molecule has 19 heavy (non-hydrogen) atoms. The number of anilines is 1. The molecule has 0 aliphatic carbocycles. The van der Waals surface area contributed by atoms with Crippen LogP contribution in [0, 0.1) is 4.91 Å². The Morgan fingerprint density at radius 2 is 1.74 bits per heavy atom. The van der Waals surface area contributed by atoms with Gasteiger partial charge in [-0.05, 0) is 30.5 Å². The zero-order valence-electron chi connectivity index (χ0n) is 10.7. The zero-order valence-corrected chi connectivity index (χ0v) is 10.7. The Kier molecular flexibility index (Phi) is 3.07. The van der Waals surface area contributed by atoms with Crippen LogP contribution in [-0.4, -0.2) is 18.2 Å². The first-order valence-corrected chi connectivity index (χ1v) is 6.64. The maximum atomic E-state index is 10.9. The number of phenolic OH excluding ortho intramolecular Hbond substituents is 1. The molecular formula is C15H16N2O2. The van der Waals surface area contributed by atoms with Gasteiger partial charge in [0.05, 0.1) is 0 Å². The van der Waals surface area contributed by atoms with E-state index in [1.807, 2.05) is 24.3 Å². The summed E-state index contributed by atoms with van der Waals surface area (Å²) < 4.78 is 0. The molecule has 0 atom stereocenters. The van der Waals surface area contributed by atoms with E-state index in [-0.39, 0.29) is 11.4 Å². The monoisotopic (exact) mass is 256 g/mol. The van der Waals surface area contributed by atoms with E-state index in [0.29, 0.717) is 5.39 Å². The van der Waals surface area contributed by atoms with E-state index < -0.39 is 0 Å². The lowest BCUT2D eigenvalue weighted by Gasteiger charge is -2.30. The van der Waals surface area contributed by atoms with Gasteiger partial charge in [0, 0.05) is 29.5 Å². The van der Waals surface area contributed by atoms with Crippen LogP contribution in [-0.2, 0) is 0 Å². The highest BCUT2D eigenvalue weighted by Crippen LogP contribution is 2.41. The van der Waals surface area contributed by atoms with Crippen LogP contribution in [0.5, 0.6) is 5.75 Å². The van der Waals surface area contributed by atoms with E-state index in [1.54, 1.807) is 6.07 Å². The van der Waals surface area contributed by atoms with Crippen molar-refractivity contribution in [3.63, 3.8) is 0 Å². The van der Waals surface area contributed by atoms with Crippen LogP contribution < -0.4 is 4.90 Å². The van der Waals surface area contributed by atoms with E-state index in [4.69, 9.17) is 0 Å². The number of nitroso groups, excluding NO2 is 1. The summed E-state index contributed by atoms with van der Waals surface area (Å²) in [5, 5.41) is 14.7. The molecule has 0 spiro atoms. The molecule has 2 aromatic rings. The van der Waals surface area contributed by atoms with E-state index in [0.717, 1.165) is 24.2 Å². The first-order chi connectivity index (χ1) is 9.31. The molecule has 1 aliphatic rings. The molecule has 0 bridgehead atoms. The molecule has 1 aliphatic heterocycles. The van der Waals surface area contributed by atoms with Gasteiger partial charge in [-0.1, -0.05) is 24.3 Å². The van der Waals surface area contributed by atoms with Crippen molar-refractivity contribution < 1.29 is 5.11 Å². The molecule has 1 heterocycles. The Morgan fingerprint density at radius 3 is 2.42 bits per heavy atom. The smallest absolute Gasteiger partial charge is 0.152 e. The Balaban J connectivity index is 2.22. The molecule has 1 saturated heterocycles. The SMILES string of the molecule is O=Nc1cc(N2CCCCC2)c2ccccc2c1O. The molecule has 0 saturated carbocycles. The summed E-state index contributed by atoms with van der Waals surface area (Å²) in [5.74, 6) is -0.0219. The molecule has 2 aromatic carbocycles. The highest BCUT2D eigenvalue weighted by Gasteiger charge is 2.17. The summed E-state index contributed by atoms with van der Waals surface area (Å²) in [7, 11) is 0. The van der Waals surface area contributed by atoms with Crippen molar-refractivity contribution in [1.82, 2.24) is 0 Å². The van der Waals surface area contributed by atoms with Crippen molar-refractivity contribution in [3.8, 4) is 5.75 Å². The Hall–Kier alpha value is -2.10. The molecule has 0 amide bonds. The summed E-state index contributed by atoms with van der Waals surface area (Å²) in [6.45, 7) is 1.99. The Labute approximate surface area is 111 Å². The van der Waals surface area contributed by atoms with E-state index in [1.165, 1.54) is 19.3 Å². The Bertz CT molecular complexity index is 619. The van der Waals surface area contributed by atoms with Crippen molar-refractivity contribution in [3.05, 3.63) is 35.2 Å². The third-order valence-corrected chi connectivity index (χ3v) is 3.77. The van der Waals surface area contributed by atoms with Gasteiger partial charge in [0.2, 0.25) is 0 Å². The third-order valence-electron chi connectivity index (χ3n) is 3.77. The number of hydrogen-bond donors (Lipinski definition) is 1. The van der Waals surface area contributed by atoms with E-state index >= 15 is 0 Å². The van der Waals surface area contributed by atoms with Crippen LogP contribution in [0.1, 0.15) is 19.3 Å². The van der Waals surface area contributed by atoms with Gasteiger partial charge in [0.25, 0.3) is 0 Å². The van der Waals surface area contributed by atoms with Gasteiger partial charge in [0.1, 0.15) is 0 Å². The lowest BCUT2D eigenvalue weighted by Crippen LogP contribution is -2.29. The largest absolute Gasteiger partial charge is 0.505 e. The van der Waals surface area contributed by atoms with Crippen molar-refractivity contribution in [2.45, 2.75) is 19.3 Å². The molecule has 4 nitrogen and oxygen atoms in total. The van der Waals surface area contributed by atoms with Gasteiger partial charge in [-0.25, -0.2) is 0 Å². The predicted octanol–water partition coefficient (Wildman–Crippen LogP) is 3.93. The van der Waals surface area contributed by atoms with Crippen LogP contribution in [0.4, 0.5) is 11.4 Å². The maximum absolute atomic E-state index is 10.9. The zero-order chi connectivity index (χ0) is 13.2. The molecule has 4 heteroatoms. The quantitative estimate of drug-likeness (QED) is 0.828. The fraction of sp³-hybridized carbons (Fsp3) is 0.333. The second kappa shape index (κ2) is 4.88. The van der Waals surface area contributed by atoms with Crippen molar-refractivity contribution in [1.29, 1.82) is 0 Å². The van der Waals surface area contributed by atoms with Gasteiger partial charge in [-0.15, -0.1) is 4.91 Å². The molecule has 1 N–H and O–H groups in total. The lowest BCUT2D eigenvalue weighted by atomic mass is 10.0. The molecule has 0 unspecified atom stereocenters. The normalized spacial score (nSPS) is 15.7. The topological polar surface area (TPSA) is 52.9 Å². The number of benzene rings is 2. The summed E-state index contributed by atoms with van der Waals surface area (Å²) in [5.41, 5.74) is 1.13. The molecule has 98 valence electrons. The summed E-state index contributed by atoms with van der Waals surface area (Å²) in [6, 6.07) is 9.32. The summed E-state index contributed by atoms with van der Waals surface area (Å²) >= 11 is 0. The number of aromatic hydroxyl groups is 1. The molecule has 0 aromatic heterocycles. The van der Waals surface area contributed by atoms with Gasteiger partial charge >= 0.3 is 0 Å². The van der Waals surface area contributed by atoms with Crippen LogP contribution in [0.2, 0.25) is 0 Å². The van der Waals surface area contributed by atoms with Gasteiger partial charge in [0.15, 0.2) is 11.4 Å². The van der Waals surface area contributed by atoms with E-state index in [2.05, 4.69) is 10.1 Å². The average Bonchev–Trinajstić information content (AvgIpc) is 2.49. The van der Waals surface area contributed by atoms with E-state index in [9.17, 15) is 10.0 Å². The fourth-order valence-electron chi connectivity index (χ4n) is 2.79. The number of hydrogen-bond acceptors (Lipinski definition) is 4. The fourth-order valence-corrected chi connectivity index (χ4v) is 2.79. The predicted molar refractivity (Wildman–Crippen MR) is 77.1 cm³/mol. The lowest BCUT2D eigenvalue weighted by molar-refractivity contribution is 0.483. The highest BCUT2D eigenvalue weighted by molar-refractivity contribution is 6.01.